The van der Waals surface area contributed by atoms with Gasteiger partial charge in [-0.25, -0.2) is 4.79 Å². The van der Waals surface area contributed by atoms with Crippen molar-refractivity contribution >= 4 is 46.1 Å². The number of oxazole rings is 1. The van der Waals surface area contributed by atoms with E-state index in [4.69, 9.17) is 20.8 Å². The molecule has 2 aromatic carbocycles. The molecule has 0 radical (unpaired) electrons. The topological polar surface area (TPSA) is 70.0 Å². The first-order valence-corrected chi connectivity index (χ1v) is 13.7. The van der Waals surface area contributed by atoms with E-state index in [9.17, 15) is 9.90 Å². The highest BCUT2D eigenvalue weighted by Gasteiger charge is 2.32. The number of anilines is 2. The highest BCUT2D eigenvalue weighted by atomic mass is 35.5. The molecule has 0 amide bonds. The lowest BCUT2D eigenvalue weighted by Crippen LogP contribution is -2.36. The fourth-order valence-corrected chi connectivity index (χ4v) is 6.23. The van der Waals surface area contributed by atoms with Crippen LogP contribution >= 0.6 is 11.6 Å². The number of aromatic nitrogens is 1. The second-order valence-electron chi connectivity index (χ2n) is 11.6. The molecule has 1 fully saturated rings. The number of carbonyl (C=O) groups is 1. The zero-order valence-electron chi connectivity index (χ0n) is 22.7. The number of nitrogens with zero attached hydrogens (tertiary/aromatic N) is 3. The Kier molecular flexibility index (Phi) is 6.22. The number of aliphatic carboxylic acids is 1. The molecule has 202 valence electrons. The van der Waals surface area contributed by atoms with Gasteiger partial charge in [0.25, 0.3) is 5.52 Å². The standard InChI is InChI=1S/C31H32ClN3O4/c1-31(2)17-19(13-28-33(3)24-15-21(32)7-9-26(24)38-28)12-20(18-31)14-29-34(4)25-16-22(8-10-27(25)39-29)35-11-5-6-23(35)30(36)37/h7-10,12-16,23H,5-6,11,17-18H2,1-4H3/p+1. The molecule has 6 rings (SSSR count). The van der Waals surface area contributed by atoms with Crippen molar-refractivity contribution < 1.29 is 23.6 Å². The van der Waals surface area contributed by atoms with E-state index < -0.39 is 12.0 Å². The van der Waals surface area contributed by atoms with Crippen LogP contribution in [0.3, 0.4) is 0 Å². The van der Waals surface area contributed by atoms with Crippen LogP contribution in [0.5, 0.6) is 5.75 Å². The average Bonchev–Trinajstić information content (AvgIpc) is 3.56. The minimum atomic E-state index is -0.770. The van der Waals surface area contributed by atoms with Crippen molar-refractivity contribution in [2.24, 2.45) is 12.5 Å². The van der Waals surface area contributed by atoms with E-state index in [1.807, 2.05) is 64.9 Å². The summed E-state index contributed by atoms with van der Waals surface area (Å²) in [4.78, 5) is 15.7. The number of carboxylic acids is 1. The first-order valence-electron chi connectivity index (χ1n) is 13.3. The van der Waals surface area contributed by atoms with Gasteiger partial charge in [0.2, 0.25) is 11.5 Å². The van der Waals surface area contributed by atoms with E-state index in [1.165, 1.54) is 11.1 Å². The van der Waals surface area contributed by atoms with Gasteiger partial charge in [-0.3, -0.25) is 0 Å². The van der Waals surface area contributed by atoms with Crippen LogP contribution in [0.4, 0.5) is 11.4 Å². The number of hydrogen-bond donors (Lipinski definition) is 1. The number of benzene rings is 2. The van der Waals surface area contributed by atoms with Gasteiger partial charge in [0.15, 0.2) is 5.75 Å². The molecule has 0 spiro atoms. The summed E-state index contributed by atoms with van der Waals surface area (Å²) < 4.78 is 14.4. The number of hydrogen-bond acceptors (Lipinski definition) is 5. The minimum absolute atomic E-state index is 0.0691. The van der Waals surface area contributed by atoms with E-state index in [0.717, 1.165) is 65.8 Å². The van der Waals surface area contributed by atoms with Gasteiger partial charge in [0.05, 0.1) is 11.8 Å². The molecule has 39 heavy (non-hydrogen) atoms. The van der Waals surface area contributed by atoms with E-state index in [-0.39, 0.29) is 5.41 Å². The lowest BCUT2D eigenvalue weighted by molar-refractivity contribution is -0.652. The van der Waals surface area contributed by atoms with Crippen molar-refractivity contribution in [2.75, 3.05) is 23.4 Å². The maximum Gasteiger partial charge on any atom is 0.374 e. The number of halogens is 1. The van der Waals surface area contributed by atoms with E-state index >= 15 is 0 Å². The summed E-state index contributed by atoms with van der Waals surface area (Å²) in [6.07, 6.45) is 9.85. The van der Waals surface area contributed by atoms with Gasteiger partial charge < -0.3 is 24.1 Å². The monoisotopic (exact) mass is 546 g/mol. The molecule has 3 aliphatic rings. The predicted octanol–water partition coefficient (Wildman–Crippen LogP) is 6.46. The van der Waals surface area contributed by atoms with E-state index in [1.54, 1.807) is 0 Å². The first-order chi connectivity index (χ1) is 18.6. The van der Waals surface area contributed by atoms with Crippen LogP contribution in [0.15, 0.2) is 70.0 Å². The molecule has 1 atom stereocenters. The van der Waals surface area contributed by atoms with Crippen LogP contribution in [0.2, 0.25) is 5.02 Å². The third-order valence-corrected chi connectivity index (χ3v) is 8.13. The molecule has 7 nitrogen and oxygen atoms in total. The Balaban J connectivity index is 1.32. The van der Waals surface area contributed by atoms with Gasteiger partial charge in [-0.1, -0.05) is 31.5 Å². The molecular formula is C31H33ClN3O4+. The van der Waals surface area contributed by atoms with Gasteiger partial charge >= 0.3 is 11.9 Å². The van der Waals surface area contributed by atoms with E-state index in [0.29, 0.717) is 11.4 Å². The van der Waals surface area contributed by atoms with Crippen molar-refractivity contribution in [1.29, 1.82) is 0 Å². The molecular weight excluding hydrogens is 514 g/mol. The van der Waals surface area contributed by atoms with Crippen LogP contribution < -0.4 is 19.1 Å². The summed E-state index contributed by atoms with van der Waals surface area (Å²) in [6.45, 7) is 5.30. The Morgan fingerprint density at radius 2 is 2.00 bits per heavy atom. The second-order valence-corrected chi connectivity index (χ2v) is 12.0. The maximum atomic E-state index is 11.7. The Bertz CT molecular complexity index is 1580. The zero-order chi connectivity index (χ0) is 27.5. The summed E-state index contributed by atoms with van der Waals surface area (Å²) >= 11 is 6.21. The van der Waals surface area contributed by atoms with Gasteiger partial charge in [-0.2, -0.15) is 4.57 Å². The third kappa shape index (κ3) is 4.80. The highest BCUT2D eigenvalue weighted by molar-refractivity contribution is 6.31. The second kappa shape index (κ2) is 9.49. The molecule has 3 aromatic rings. The number of aryl methyl sites for hydroxylation is 1. The Morgan fingerprint density at radius 3 is 2.79 bits per heavy atom. The number of carboxylic acid groups (broad SMARTS) is 1. The fourth-order valence-electron chi connectivity index (χ4n) is 6.07. The number of allylic oxidation sites excluding steroid dienone is 4. The van der Waals surface area contributed by atoms with Gasteiger partial charge in [0.1, 0.15) is 13.1 Å². The molecule has 1 aromatic heterocycles. The van der Waals surface area contributed by atoms with Gasteiger partial charge in [-0.05, 0) is 72.6 Å². The maximum absolute atomic E-state index is 11.7. The van der Waals surface area contributed by atoms with Crippen LogP contribution in [-0.4, -0.2) is 30.7 Å². The summed E-state index contributed by atoms with van der Waals surface area (Å²) in [6, 6.07) is 11.1. The van der Waals surface area contributed by atoms with Crippen molar-refractivity contribution in [3.63, 3.8) is 0 Å². The number of rotatable bonds is 4. The molecule has 3 heterocycles. The SMILES string of the molecule is CN1C(=CC2=CC(=Cc3oc4ccc(N5CCCC5C(=O)O)cc4[n+]3C)CC(C)(C)C2)Oc2ccc(Cl)cc21. The van der Waals surface area contributed by atoms with Crippen molar-refractivity contribution in [3.05, 3.63) is 76.5 Å². The quantitative estimate of drug-likeness (QED) is 0.378. The largest absolute Gasteiger partial charge is 0.480 e. The predicted molar refractivity (Wildman–Crippen MR) is 153 cm³/mol. The Hall–Kier alpha value is -3.71. The molecule has 1 unspecified atom stereocenters. The Labute approximate surface area is 233 Å². The van der Waals surface area contributed by atoms with Crippen molar-refractivity contribution in [2.45, 2.75) is 45.6 Å². The molecule has 1 saturated heterocycles. The van der Waals surface area contributed by atoms with Crippen molar-refractivity contribution in [3.8, 4) is 5.75 Å². The molecule has 0 bridgehead atoms. The van der Waals surface area contributed by atoms with Gasteiger partial charge in [0, 0.05) is 36.4 Å². The molecule has 2 aliphatic heterocycles. The molecule has 0 saturated carbocycles. The Morgan fingerprint density at radius 1 is 1.18 bits per heavy atom. The summed E-state index contributed by atoms with van der Waals surface area (Å²) in [5, 5.41) is 10.3. The van der Waals surface area contributed by atoms with Gasteiger partial charge in [-0.15, -0.1) is 0 Å². The number of fused-ring (bicyclic) bond motifs is 2. The third-order valence-electron chi connectivity index (χ3n) is 7.90. The fraction of sp³-hybridized carbons (Fsp3) is 0.355. The van der Waals surface area contributed by atoms with E-state index in [2.05, 4.69) is 32.1 Å². The first kappa shape index (κ1) is 25.6. The van der Waals surface area contributed by atoms with Crippen molar-refractivity contribution in [1.82, 2.24) is 0 Å². The average molecular weight is 547 g/mol. The molecule has 1 aliphatic carbocycles. The minimum Gasteiger partial charge on any atom is -0.480 e. The number of ether oxygens (including phenoxy) is 1. The normalized spacial score (nSPS) is 22.5. The lowest BCUT2D eigenvalue weighted by atomic mass is 9.75. The zero-order valence-corrected chi connectivity index (χ0v) is 23.5. The summed E-state index contributed by atoms with van der Waals surface area (Å²) in [7, 11) is 3.98. The van der Waals surface area contributed by atoms with Crippen LogP contribution in [-0.2, 0) is 11.8 Å². The molecule has 1 N–H and O–H groups in total. The summed E-state index contributed by atoms with van der Waals surface area (Å²) in [5.41, 5.74) is 6.02. The molecule has 8 heteroatoms. The van der Waals surface area contributed by atoms with Crippen LogP contribution in [0, 0.1) is 5.41 Å². The van der Waals surface area contributed by atoms with Crippen LogP contribution in [0.1, 0.15) is 45.4 Å². The lowest BCUT2D eigenvalue weighted by Gasteiger charge is -2.30. The highest BCUT2D eigenvalue weighted by Crippen LogP contribution is 2.43. The summed E-state index contributed by atoms with van der Waals surface area (Å²) in [5.74, 6) is 1.57. The smallest absolute Gasteiger partial charge is 0.374 e. The van der Waals surface area contributed by atoms with Crippen LogP contribution in [0.25, 0.3) is 17.2 Å².